The average molecular weight is 459 g/mol. The smallest absolute Gasteiger partial charge is 0.243 e. The van der Waals surface area contributed by atoms with Crippen LogP contribution in [0.1, 0.15) is 52.5 Å². The van der Waals surface area contributed by atoms with Crippen molar-refractivity contribution in [2.75, 3.05) is 13.7 Å². The fourth-order valence-corrected chi connectivity index (χ4v) is 3.39. The van der Waals surface area contributed by atoms with Crippen LogP contribution >= 0.6 is 0 Å². The molecule has 1 N–H and O–H groups in total. The van der Waals surface area contributed by atoms with E-state index in [1.807, 2.05) is 52.0 Å². The third kappa shape index (κ3) is 8.75. The maximum Gasteiger partial charge on any atom is 0.243 e. The van der Waals surface area contributed by atoms with E-state index in [0.29, 0.717) is 25.2 Å². The van der Waals surface area contributed by atoms with Crippen molar-refractivity contribution >= 4 is 11.8 Å². The van der Waals surface area contributed by atoms with Crippen molar-refractivity contribution in [3.05, 3.63) is 59.9 Å². The molecule has 0 radical (unpaired) electrons. The van der Waals surface area contributed by atoms with Crippen LogP contribution in [0, 0.1) is 5.82 Å². The van der Waals surface area contributed by atoms with E-state index in [1.165, 1.54) is 12.1 Å². The summed E-state index contributed by atoms with van der Waals surface area (Å²) >= 11 is 0. The number of methoxy groups -OCH3 is 1. The van der Waals surface area contributed by atoms with Crippen LogP contribution in [0.5, 0.6) is 11.5 Å². The molecule has 6 nitrogen and oxygen atoms in total. The Morgan fingerprint density at radius 1 is 1.03 bits per heavy atom. The topological polar surface area (TPSA) is 67.9 Å². The molecule has 0 heterocycles. The lowest BCUT2D eigenvalue weighted by molar-refractivity contribution is -0.142. The summed E-state index contributed by atoms with van der Waals surface area (Å²) in [5, 5.41) is 2.97. The van der Waals surface area contributed by atoms with Crippen molar-refractivity contribution in [1.82, 2.24) is 10.2 Å². The van der Waals surface area contributed by atoms with Gasteiger partial charge in [-0.05, 0) is 75.6 Å². The van der Waals surface area contributed by atoms with E-state index < -0.39 is 11.6 Å². The first kappa shape index (κ1) is 26.2. The quantitative estimate of drug-likeness (QED) is 0.495. The third-order valence-corrected chi connectivity index (χ3v) is 5.01. The minimum atomic E-state index is -0.621. The van der Waals surface area contributed by atoms with Gasteiger partial charge in [-0.1, -0.05) is 19.1 Å². The Morgan fingerprint density at radius 2 is 1.64 bits per heavy atom. The molecule has 0 aliphatic carbocycles. The van der Waals surface area contributed by atoms with Gasteiger partial charge in [0.1, 0.15) is 23.4 Å². The minimum absolute atomic E-state index is 0.145. The second-order valence-electron chi connectivity index (χ2n) is 8.94. The van der Waals surface area contributed by atoms with Gasteiger partial charge >= 0.3 is 0 Å². The number of hydrogen-bond donors (Lipinski definition) is 1. The second kappa shape index (κ2) is 12.2. The lowest BCUT2D eigenvalue weighted by atomic mass is 10.0. The highest BCUT2D eigenvalue weighted by Gasteiger charge is 2.30. The van der Waals surface area contributed by atoms with Crippen LogP contribution in [-0.2, 0) is 16.1 Å². The maximum absolute atomic E-state index is 13.3. The Kier molecular flexibility index (Phi) is 9.70. The number of rotatable bonds is 11. The SMILES string of the molecule is CC[C@@H](C(=O)NC(C)(C)C)N(Cc1ccc(F)cc1)C(=O)CCCOc1ccc(OC)cc1. The molecule has 0 aliphatic heterocycles. The molecule has 0 unspecified atom stereocenters. The Hall–Kier alpha value is -3.09. The van der Waals surface area contributed by atoms with Gasteiger partial charge in [0.25, 0.3) is 0 Å². The van der Waals surface area contributed by atoms with Gasteiger partial charge in [-0.2, -0.15) is 0 Å². The number of nitrogens with zero attached hydrogens (tertiary/aromatic N) is 1. The van der Waals surface area contributed by atoms with Crippen molar-refractivity contribution in [3.63, 3.8) is 0 Å². The molecule has 0 aliphatic rings. The molecule has 7 heteroatoms. The molecule has 33 heavy (non-hydrogen) atoms. The summed E-state index contributed by atoms with van der Waals surface area (Å²) in [6, 6.07) is 12.6. The fourth-order valence-electron chi connectivity index (χ4n) is 3.39. The normalized spacial score (nSPS) is 12.1. The molecule has 0 fully saturated rings. The summed E-state index contributed by atoms with van der Waals surface area (Å²) in [7, 11) is 1.60. The molecule has 2 amide bonds. The molecular formula is C26H35FN2O4. The molecule has 0 bridgehead atoms. The predicted octanol–water partition coefficient (Wildman–Crippen LogP) is 4.72. The van der Waals surface area contributed by atoms with E-state index in [2.05, 4.69) is 5.32 Å². The molecule has 2 aromatic rings. The summed E-state index contributed by atoms with van der Waals surface area (Å²) in [6.07, 6.45) is 1.20. The van der Waals surface area contributed by atoms with Gasteiger partial charge in [0.2, 0.25) is 11.8 Å². The second-order valence-corrected chi connectivity index (χ2v) is 8.94. The first-order valence-electron chi connectivity index (χ1n) is 11.3. The zero-order valence-electron chi connectivity index (χ0n) is 20.2. The maximum atomic E-state index is 13.3. The lowest BCUT2D eigenvalue weighted by Gasteiger charge is -2.33. The van der Waals surface area contributed by atoms with Crippen molar-refractivity contribution in [3.8, 4) is 11.5 Å². The summed E-state index contributed by atoms with van der Waals surface area (Å²) in [5.74, 6) is 0.754. The molecule has 0 saturated heterocycles. The van der Waals surface area contributed by atoms with Crippen molar-refractivity contribution in [2.45, 2.75) is 65.1 Å². The van der Waals surface area contributed by atoms with Crippen LogP contribution in [0.15, 0.2) is 48.5 Å². The van der Waals surface area contributed by atoms with Gasteiger partial charge in [-0.3, -0.25) is 9.59 Å². The van der Waals surface area contributed by atoms with Gasteiger partial charge in [0, 0.05) is 18.5 Å². The lowest BCUT2D eigenvalue weighted by Crippen LogP contribution is -2.53. The predicted molar refractivity (Wildman–Crippen MR) is 127 cm³/mol. The van der Waals surface area contributed by atoms with Crippen LogP contribution in [0.2, 0.25) is 0 Å². The Morgan fingerprint density at radius 3 is 2.18 bits per heavy atom. The molecule has 180 valence electrons. The van der Waals surface area contributed by atoms with Crippen LogP contribution in [0.25, 0.3) is 0 Å². The molecule has 2 rings (SSSR count). The van der Waals surface area contributed by atoms with Crippen molar-refractivity contribution in [1.29, 1.82) is 0 Å². The number of halogens is 1. The van der Waals surface area contributed by atoms with E-state index >= 15 is 0 Å². The van der Waals surface area contributed by atoms with E-state index in [4.69, 9.17) is 9.47 Å². The van der Waals surface area contributed by atoms with Gasteiger partial charge in [-0.25, -0.2) is 4.39 Å². The van der Waals surface area contributed by atoms with Gasteiger partial charge in [-0.15, -0.1) is 0 Å². The standard InChI is InChI=1S/C26H35FN2O4/c1-6-23(25(31)28-26(2,3)4)29(18-19-9-11-20(27)12-10-19)24(30)8-7-17-33-22-15-13-21(32-5)14-16-22/h9-16,23H,6-8,17-18H2,1-5H3,(H,28,31)/t23-/m0/s1. The largest absolute Gasteiger partial charge is 0.497 e. The third-order valence-electron chi connectivity index (χ3n) is 5.01. The van der Waals surface area contributed by atoms with Crippen molar-refractivity contribution in [2.24, 2.45) is 0 Å². The van der Waals surface area contributed by atoms with E-state index in [1.54, 1.807) is 24.1 Å². The number of benzene rings is 2. The zero-order valence-corrected chi connectivity index (χ0v) is 20.2. The van der Waals surface area contributed by atoms with Crippen LogP contribution in [0.3, 0.4) is 0 Å². The van der Waals surface area contributed by atoms with E-state index in [-0.39, 0.29) is 30.6 Å². The highest BCUT2D eigenvalue weighted by Crippen LogP contribution is 2.18. The molecule has 2 aromatic carbocycles. The molecule has 1 atom stereocenters. The average Bonchev–Trinajstić information content (AvgIpc) is 2.77. The number of hydrogen-bond acceptors (Lipinski definition) is 4. The summed E-state index contributed by atoms with van der Waals surface area (Å²) < 4.78 is 24.2. The molecule has 0 saturated carbocycles. The first-order chi connectivity index (χ1) is 15.6. The van der Waals surface area contributed by atoms with Gasteiger partial charge in [0.15, 0.2) is 0 Å². The Bertz CT molecular complexity index is 892. The minimum Gasteiger partial charge on any atom is -0.497 e. The number of nitrogens with one attached hydrogen (secondary N) is 1. The number of carbonyl (C=O) groups is 2. The highest BCUT2D eigenvalue weighted by atomic mass is 19.1. The summed E-state index contributed by atoms with van der Waals surface area (Å²) in [5.41, 5.74) is 0.350. The van der Waals surface area contributed by atoms with Crippen LogP contribution in [0.4, 0.5) is 4.39 Å². The molecule has 0 spiro atoms. The Labute approximate surface area is 196 Å². The molecule has 0 aromatic heterocycles. The molecular weight excluding hydrogens is 423 g/mol. The van der Waals surface area contributed by atoms with E-state index in [9.17, 15) is 14.0 Å². The van der Waals surface area contributed by atoms with Gasteiger partial charge in [0.05, 0.1) is 13.7 Å². The number of carbonyl (C=O) groups excluding carboxylic acids is 2. The monoisotopic (exact) mass is 458 g/mol. The van der Waals surface area contributed by atoms with E-state index in [0.717, 1.165) is 11.3 Å². The fraction of sp³-hybridized carbons (Fsp3) is 0.462. The highest BCUT2D eigenvalue weighted by molar-refractivity contribution is 5.88. The zero-order chi connectivity index (χ0) is 24.4. The number of ether oxygens (including phenoxy) is 2. The van der Waals surface area contributed by atoms with Gasteiger partial charge < -0.3 is 19.7 Å². The van der Waals surface area contributed by atoms with Crippen LogP contribution in [-0.4, -0.2) is 42.0 Å². The van der Waals surface area contributed by atoms with Crippen molar-refractivity contribution < 1.29 is 23.5 Å². The summed E-state index contributed by atoms with van der Waals surface area (Å²) in [4.78, 5) is 27.7. The Balaban J connectivity index is 2.05. The van der Waals surface area contributed by atoms with Crippen LogP contribution < -0.4 is 14.8 Å². The first-order valence-corrected chi connectivity index (χ1v) is 11.3. The summed E-state index contributed by atoms with van der Waals surface area (Å²) in [6.45, 7) is 8.19. The number of amides is 2.